The van der Waals surface area contributed by atoms with Crippen molar-refractivity contribution >= 4 is 23.1 Å². The highest BCUT2D eigenvalue weighted by atomic mass is 19.4. The van der Waals surface area contributed by atoms with Gasteiger partial charge in [0.15, 0.2) is 5.71 Å². The maximum absolute atomic E-state index is 12.5. The number of anilines is 1. The van der Waals surface area contributed by atoms with E-state index in [1.807, 2.05) is 0 Å². The largest absolute Gasteiger partial charge is 0.416 e. The van der Waals surface area contributed by atoms with Crippen LogP contribution in [0, 0.1) is 5.41 Å². The summed E-state index contributed by atoms with van der Waals surface area (Å²) in [4.78, 5) is 22.2. The van der Waals surface area contributed by atoms with E-state index < -0.39 is 29.1 Å². The van der Waals surface area contributed by atoms with Crippen molar-refractivity contribution in [2.24, 2.45) is 5.84 Å². The molecule has 1 aromatic rings. The predicted octanol–water partition coefficient (Wildman–Crippen LogP) is 1.21. The van der Waals surface area contributed by atoms with Crippen LogP contribution in [0.1, 0.15) is 5.56 Å². The van der Waals surface area contributed by atoms with Crippen molar-refractivity contribution in [3.8, 4) is 0 Å². The average molecular weight is 300 g/mol. The Kier molecular flexibility index (Phi) is 5.19. The second kappa shape index (κ2) is 6.66. The lowest BCUT2D eigenvalue weighted by molar-refractivity contribution is -0.137. The molecule has 5 N–H and O–H groups in total. The van der Waals surface area contributed by atoms with E-state index in [0.29, 0.717) is 0 Å². The Morgan fingerprint density at radius 3 is 2.52 bits per heavy atom. The quantitative estimate of drug-likeness (QED) is 0.164. The molecule has 0 heterocycles. The van der Waals surface area contributed by atoms with Crippen LogP contribution < -0.4 is 16.6 Å². The van der Waals surface area contributed by atoms with Gasteiger partial charge >= 0.3 is 6.18 Å². The van der Waals surface area contributed by atoms with Gasteiger partial charge in [-0.15, -0.1) is 0 Å². The molecular formula is C12H11F3N4O2. The summed E-state index contributed by atoms with van der Waals surface area (Å²) in [6, 6.07) is 4.32. The second-order valence-corrected chi connectivity index (χ2v) is 3.77. The van der Waals surface area contributed by atoms with Gasteiger partial charge in [-0.2, -0.15) is 13.2 Å². The number of allylic oxidation sites excluding steroid dienone is 1. The Labute approximate surface area is 117 Å². The number of hydrogen-bond donors (Lipinski definition) is 4. The van der Waals surface area contributed by atoms with Crippen LogP contribution in [0.5, 0.6) is 0 Å². The van der Waals surface area contributed by atoms with Crippen LogP contribution in [0.3, 0.4) is 0 Å². The molecular weight excluding hydrogens is 289 g/mol. The molecule has 0 aliphatic heterocycles. The van der Waals surface area contributed by atoms with Crippen molar-refractivity contribution in [3.05, 3.63) is 42.1 Å². The molecule has 0 saturated carbocycles. The van der Waals surface area contributed by atoms with Crippen molar-refractivity contribution in [1.82, 2.24) is 5.43 Å². The number of nitrogens with one attached hydrogen (secondary N) is 3. The zero-order valence-corrected chi connectivity index (χ0v) is 10.5. The van der Waals surface area contributed by atoms with Crippen molar-refractivity contribution in [1.29, 1.82) is 5.41 Å². The SMILES string of the molecule is N=C(C(=O)/C=C\Nc1cccc(C(F)(F)F)c1)C(=O)NN. The van der Waals surface area contributed by atoms with Crippen LogP contribution in [-0.4, -0.2) is 17.4 Å². The lowest BCUT2D eigenvalue weighted by Crippen LogP contribution is -2.38. The van der Waals surface area contributed by atoms with Gasteiger partial charge in [0.2, 0.25) is 5.78 Å². The number of amides is 1. The van der Waals surface area contributed by atoms with Crippen LogP contribution >= 0.6 is 0 Å². The van der Waals surface area contributed by atoms with Gasteiger partial charge < -0.3 is 5.32 Å². The normalized spacial score (nSPS) is 11.2. The Morgan fingerprint density at radius 2 is 1.95 bits per heavy atom. The molecule has 0 aromatic heterocycles. The van der Waals surface area contributed by atoms with Crippen LogP contribution in [0.25, 0.3) is 0 Å². The molecule has 0 unspecified atom stereocenters. The van der Waals surface area contributed by atoms with Crippen LogP contribution in [0.4, 0.5) is 18.9 Å². The van der Waals surface area contributed by atoms with E-state index in [9.17, 15) is 22.8 Å². The first kappa shape index (κ1) is 16.4. The van der Waals surface area contributed by atoms with E-state index in [4.69, 9.17) is 11.3 Å². The lowest BCUT2D eigenvalue weighted by Gasteiger charge is -2.08. The lowest BCUT2D eigenvalue weighted by atomic mass is 10.2. The summed E-state index contributed by atoms with van der Waals surface area (Å²) in [5.41, 5.74) is -0.0193. The molecule has 1 amide bonds. The third kappa shape index (κ3) is 4.73. The Hall–Kier alpha value is -2.68. The van der Waals surface area contributed by atoms with Gasteiger partial charge in [0.25, 0.3) is 5.91 Å². The van der Waals surface area contributed by atoms with E-state index >= 15 is 0 Å². The van der Waals surface area contributed by atoms with E-state index in [2.05, 4.69) is 5.32 Å². The maximum atomic E-state index is 12.5. The van der Waals surface area contributed by atoms with Gasteiger partial charge in [-0.1, -0.05) is 6.07 Å². The Balaban J connectivity index is 2.72. The highest BCUT2D eigenvalue weighted by Crippen LogP contribution is 2.30. The smallest absolute Gasteiger partial charge is 0.362 e. The number of carbonyl (C=O) groups is 2. The summed E-state index contributed by atoms with van der Waals surface area (Å²) >= 11 is 0. The second-order valence-electron chi connectivity index (χ2n) is 3.77. The molecule has 6 nitrogen and oxygen atoms in total. The van der Waals surface area contributed by atoms with Crippen LogP contribution in [-0.2, 0) is 15.8 Å². The molecule has 1 rings (SSSR count). The molecule has 9 heteroatoms. The molecule has 0 atom stereocenters. The van der Waals surface area contributed by atoms with Gasteiger partial charge in [0.1, 0.15) is 0 Å². The van der Waals surface area contributed by atoms with Crippen molar-refractivity contribution in [2.45, 2.75) is 6.18 Å². The molecule has 0 aliphatic carbocycles. The molecule has 0 aliphatic rings. The standard InChI is InChI=1S/C12H11F3N4O2/c13-12(14,15)7-2-1-3-8(6-7)18-5-4-9(20)10(16)11(21)19-17/h1-6,16,18H,17H2,(H,19,21)/b5-4-,16-10?. The number of halogens is 3. The third-order valence-corrected chi connectivity index (χ3v) is 2.28. The van der Waals surface area contributed by atoms with Gasteiger partial charge in [0.05, 0.1) is 5.56 Å². The van der Waals surface area contributed by atoms with Gasteiger partial charge in [0, 0.05) is 18.0 Å². The van der Waals surface area contributed by atoms with E-state index in [-0.39, 0.29) is 5.69 Å². The molecule has 0 saturated heterocycles. The van der Waals surface area contributed by atoms with E-state index in [0.717, 1.165) is 24.4 Å². The Bertz CT molecular complexity index is 596. The number of nitrogens with two attached hydrogens (primary N) is 1. The fourth-order valence-corrected chi connectivity index (χ4v) is 1.27. The van der Waals surface area contributed by atoms with Crippen molar-refractivity contribution in [3.63, 3.8) is 0 Å². The summed E-state index contributed by atoms with van der Waals surface area (Å²) in [7, 11) is 0. The first-order valence-electron chi connectivity index (χ1n) is 5.50. The number of alkyl halides is 3. The summed E-state index contributed by atoms with van der Waals surface area (Å²) in [5.74, 6) is 2.74. The highest BCUT2D eigenvalue weighted by Gasteiger charge is 2.30. The van der Waals surface area contributed by atoms with Gasteiger partial charge in [-0.3, -0.25) is 20.4 Å². The highest BCUT2D eigenvalue weighted by molar-refractivity contribution is 6.66. The number of hydrogen-bond acceptors (Lipinski definition) is 5. The number of benzene rings is 1. The van der Waals surface area contributed by atoms with Gasteiger partial charge in [-0.25, -0.2) is 5.84 Å². The molecule has 0 bridgehead atoms. The van der Waals surface area contributed by atoms with E-state index in [1.54, 1.807) is 5.43 Å². The minimum atomic E-state index is -4.47. The minimum Gasteiger partial charge on any atom is -0.362 e. The molecule has 0 spiro atoms. The zero-order valence-electron chi connectivity index (χ0n) is 10.5. The van der Waals surface area contributed by atoms with Crippen molar-refractivity contribution < 1.29 is 22.8 Å². The van der Waals surface area contributed by atoms with Crippen LogP contribution in [0.2, 0.25) is 0 Å². The van der Waals surface area contributed by atoms with E-state index in [1.165, 1.54) is 12.1 Å². The van der Waals surface area contributed by atoms with Gasteiger partial charge in [-0.05, 0) is 18.2 Å². The summed E-state index contributed by atoms with van der Waals surface area (Å²) in [6.45, 7) is 0. The topological polar surface area (TPSA) is 108 Å². The van der Waals surface area contributed by atoms with Crippen LogP contribution in [0.15, 0.2) is 36.5 Å². The monoisotopic (exact) mass is 300 g/mol. The number of hydrazine groups is 1. The number of rotatable bonds is 5. The minimum absolute atomic E-state index is 0.101. The maximum Gasteiger partial charge on any atom is 0.416 e. The fourth-order valence-electron chi connectivity index (χ4n) is 1.27. The van der Waals surface area contributed by atoms with Crippen molar-refractivity contribution in [2.75, 3.05) is 5.32 Å². The average Bonchev–Trinajstić information content (AvgIpc) is 2.45. The summed E-state index contributed by atoms with van der Waals surface area (Å²) < 4.78 is 37.4. The fraction of sp³-hybridized carbons (Fsp3) is 0.0833. The molecule has 1 aromatic carbocycles. The first-order chi connectivity index (χ1) is 9.75. The summed E-state index contributed by atoms with van der Waals surface area (Å²) in [6.07, 6.45) is -2.62. The molecule has 0 fully saturated rings. The third-order valence-electron chi connectivity index (χ3n) is 2.28. The molecule has 112 valence electrons. The Morgan fingerprint density at radius 1 is 1.29 bits per heavy atom. The summed E-state index contributed by atoms with van der Waals surface area (Å²) in [5, 5.41) is 9.57. The zero-order chi connectivity index (χ0) is 16.0. The first-order valence-corrected chi connectivity index (χ1v) is 5.50. The molecule has 0 radical (unpaired) electrons. The number of ketones is 1. The number of carbonyl (C=O) groups excluding carboxylic acids is 2. The molecule has 21 heavy (non-hydrogen) atoms. The predicted molar refractivity (Wildman–Crippen MR) is 69.3 cm³/mol.